The van der Waals surface area contributed by atoms with Crippen LogP contribution in [0.25, 0.3) is 0 Å². The third-order valence-electron chi connectivity index (χ3n) is 2.91. The summed E-state index contributed by atoms with van der Waals surface area (Å²) in [6.07, 6.45) is 3.20. The van der Waals surface area contributed by atoms with Gasteiger partial charge in [-0.05, 0) is 45.4 Å². The summed E-state index contributed by atoms with van der Waals surface area (Å²) < 4.78 is 7.17. The van der Waals surface area contributed by atoms with Gasteiger partial charge in [-0.3, -0.25) is 4.79 Å². The highest BCUT2D eigenvalue weighted by Gasteiger charge is 2.18. The third-order valence-corrected chi connectivity index (χ3v) is 2.91. The van der Waals surface area contributed by atoms with Crippen molar-refractivity contribution in [1.29, 1.82) is 0 Å². The van der Waals surface area contributed by atoms with Gasteiger partial charge < -0.3 is 15.0 Å². The van der Waals surface area contributed by atoms with Crippen LogP contribution in [0, 0.1) is 6.92 Å². The molecule has 2 aromatic rings. The van der Waals surface area contributed by atoms with E-state index in [1.54, 1.807) is 29.1 Å². The van der Waals surface area contributed by atoms with Crippen molar-refractivity contribution in [2.45, 2.75) is 33.2 Å². The summed E-state index contributed by atoms with van der Waals surface area (Å²) in [5, 5.41) is 0. The van der Waals surface area contributed by atoms with Gasteiger partial charge in [0.2, 0.25) is 0 Å². The van der Waals surface area contributed by atoms with Gasteiger partial charge in [0.15, 0.2) is 5.75 Å². The number of hydrogen-bond acceptors (Lipinski definition) is 4. The molecule has 1 aromatic carbocycles. The minimum absolute atomic E-state index is 0.0275. The number of anilines is 1. The molecule has 0 unspecified atom stereocenters. The highest BCUT2D eigenvalue weighted by molar-refractivity contribution is 5.54. The largest absolute Gasteiger partial charge is 0.432 e. The van der Waals surface area contributed by atoms with Crippen LogP contribution >= 0.6 is 0 Å². The van der Waals surface area contributed by atoms with Gasteiger partial charge in [-0.25, -0.2) is 4.98 Å². The van der Waals surface area contributed by atoms with Gasteiger partial charge in [-0.1, -0.05) is 6.07 Å². The first-order chi connectivity index (χ1) is 9.29. The molecular weight excluding hydrogens is 254 g/mol. The molecule has 0 atom stereocenters. The summed E-state index contributed by atoms with van der Waals surface area (Å²) in [4.78, 5) is 16.4. The van der Waals surface area contributed by atoms with Gasteiger partial charge in [-0.2, -0.15) is 0 Å². The van der Waals surface area contributed by atoms with Crippen molar-refractivity contribution in [3.8, 4) is 11.6 Å². The van der Waals surface area contributed by atoms with Crippen LogP contribution in [0.5, 0.6) is 11.6 Å². The summed E-state index contributed by atoms with van der Waals surface area (Å²) in [7, 11) is 0. The van der Waals surface area contributed by atoms with E-state index in [9.17, 15) is 4.79 Å². The Kier molecular flexibility index (Phi) is 3.53. The molecule has 0 amide bonds. The second-order valence-electron chi connectivity index (χ2n) is 5.72. The summed E-state index contributed by atoms with van der Waals surface area (Å²) in [5.41, 5.74) is 6.71. The lowest BCUT2D eigenvalue weighted by atomic mass is 10.1. The molecule has 5 nitrogen and oxygen atoms in total. The number of nitrogens with zero attached hydrogens (tertiary/aromatic N) is 2. The van der Waals surface area contributed by atoms with E-state index in [1.807, 2.05) is 33.8 Å². The van der Waals surface area contributed by atoms with Crippen molar-refractivity contribution in [1.82, 2.24) is 9.55 Å². The Labute approximate surface area is 118 Å². The van der Waals surface area contributed by atoms with Crippen molar-refractivity contribution in [2.75, 3.05) is 5.73 Å². The standard InChI is InChI=1S/C15H19N3O2/c1-10-5-6-11(16)12(9-10)20-13-14(19)18(8-7-17-13)15(2,3)4/h5-9H,16H2,1-4H3. The summed E-state index contributed by atoms with van der Waals surface area (Å²) in [5.74, 6) is 0.473. The van der Waals surface area contributed by atoms with Gasteiger partial charge >= 0.3 is 5.56 Å². The molecule has 0 fully saturated rings. The Morgan fingerprint density at radius 1 is 1.30 bits per heavy atom. The summed E-state index contributed by atoms with van der Waals surface area (Å²) >= 11 is 0. The van der Waals surface area contributed by atoms with Gasteiger partial charge in [0, 0.05) is 17.9 Å². The zero-order valence-electron chi connectivity index (χ0n) is 12.2. The molecule has 0 saturated heterocycles. The first-order valence-corrected chi connectivity index (χ1v) is 6.41. The van der Waals surface area contributed by atoms with E-state index in [1.165, 1.54) is 0 Å². The predicted molar refractivity (Wildman–Crippen MR) is 79.2 cm³/mol. The monoisotopic (exact) mass is 273 g/mol. The molecular formula is C15H19N3O2. The van der Waals surface area contributed by atoms with Crippen molar-refractivity contribution >= 4 is 5.69 Å². The molecule has 20 heavy (non-hydrogen) atoms. The number of nitrogens with two attached hydrogens (primary N) is 1. The van der Waals surface area contributed by atoms with Crippen LogP contribution in [0.2, 0.25) is 0 Å². The van der Waals surface area contributed by atoms with Crippen LogP contribution in [0.4, 0.5) is 5.69 Å². The van der Waals surface area contributed by atoms with Crippen LogP contribution in [-0.2, 0) is 5.54 Å². The molecule has 0 aliphatic heterocycles. The highest BCUT2D eigenvalue weighted by atomic mass is 16.5. The Morgan fingerprint density at radius 3 is 2.65 bits per heavy atom. The molecule has 0 spiro atoms. The summed E-state index contributed by atoms with van der Waals surface area (Å²) in [6, 6.07) is 5.41. The van der Waals surface area contributed by atoms with Crippen molar-refractivity contribution in [3.63, 3.8) is 0 Å². The van der Waals surface area contributed by atoms with E-state index >= 15 is 0 Å². The number of hydrogen-bond donors (Lipinski definition) is 1. The van der Waals surface area contributed by atoms with E-state index in [0.29, 0.717) is 11.4 Å². The van der Waals surface area contributed by atoms with E-state index in [-0.39, 0.29) is 17.0 Å². The Balaban J connectivity index is 2.45. The molecule has 2 rings (SSSR count). The van der Waals surface area contributed by atoms with Crippen LogP contribution < -0.4 is 16.0 Å². The zero-order valence-corrected chi connectivity index (χ0v) is 12.2. The van der Waals surface area contributed by atoms with E-state index in [2.05, 4.69) is 4.98 Å². The molecule has 0 aliphatic rings. The number of aromatic nitrogens is 2. The average molecular weight is 273 g/mol. The minimum Gasteiger partial charge on any atom is -0.432 e. The highest BCUT2D eigenvalue weighted by Crippen LogP contribution is 2.26. The first-order valence-electron chi connectivity index (χ1n) is 6.41. The number of aryl methyl sites for hydroxylation is 1. The average Bonchev–Trinajstić information content (AvgIpc) is 2.35. The van der Waals surface area contributed by atoms with Crippen LogP contribution in [0.15, 0.2) is 35.4 Å². The fourth-order valence-electron chi connectivity index (χ4n) is 1.83. The predicted octanol–water partition coefficient (Wildman–Crippen LogP) is 2.68. The van der Waals surface area contributed by atoms with Gasteiger partial charge in [-0.15, -0.1) is 0 Å². The Hall–Kier alpha value is -2.30. The molecule has 1 aromatic heterocycles. The molecule has 2 N–H and O–H groups in total. The van der Waals surface area contributed by atoms with E-state index < -0.39 is 0 Å². The van der Waals surface area contributed by atoms with Crippen LogP contribution in [-0.4, -0.2) is 9.55 Å². The molecule has 1 heterocycles. The van der Waals surface area contributed by atoms with Gasteiger partial charge in [0.25, 0.3) is 5.88 Å². The van der Waals surface area contributed by atoms with Gasteiger partial charge in [0.05, 0.1) is 5.69 Å². The zero-order chi connectivity index (χ0) is 14.9. The lowest BCUT2D eigenvalue weighted by molar-refractivity contribution is 0.363. The van der Waals surface area contributed by atoms with Crippen molar-refractivity contribution in [3.05, 3.63) is 46.5 Å². The molecule has 0 aliphatic carbocycles. The maximum atomic E-state index is 12.4. The fourth-order valence-corrected chi connectivity index (χ4v) is 1.83. The molecule has 106 valence electrons. The maximum absolute atomic E-state index is 12.4. The number of ether oxygens (including phenoxy) is 1. The van der Waals surface area contributed by atoms with Crippen LogP contribution in [0.3, 0.4) is 0 Å². The third kappa shape index (κ3) is 2.82. The fraction of sp³-hybridized carbons (Fsp3) is 0.333. The lowest BCUT2D eigenvalue weighted by Gasteiger charge is -2.22. The van der Waals surface area contributed by atoms with Crippen LogP contribution in [0.1, 0.15) is 26.3 Å². The van der Waals surface area contributed by atoms with E-state index in [4.69, 9.17) is 10.5 Å². The second-order valence-corrected chi connectivity index (χ2v) is 5.72. The van der Waals surface area contributed by atoms with Crippen molar-refractivity contribution < 1.29 is 4.74 Å². The number of benzene rings is 1. The van der Waals surface area contributed by atoms with E-state index in [0.717, 1.165) is 5.56 Å². The lowest BCUT2D eigenvalue weighted by Crippen LogP contribution is -2.34. The maximum Gasteiger partial charge on any atom is 0.314 e. The Morgan fingerprint density at radius 2 is 2.00 bits per heavy atom. The number of rotatable bonds is 2. The quantitative estimate of drug-likeness (QED) is 0.854. The number of nitrogen functional groups attached to an aromatic ring is 1. The smallest absolute Gasteiger partial charge is 0.314 e. The molecule has 5 heteroatoms. The molecule has 0 radical (unpaired) electrons. The van der Waals surface area contributed by atoms with Gasteiger partial charge in [0.1, 0.15) is 0 Å². The second kappa shape index (κ2) is 5.00. The molecule has 0 bridgehead atoms. The summed E-state index contributed by atoms with van der Waals surface area (Å²) in [6.45, 7) is 7.76. The molecule has 0 saturated carbocycles. The first kappa shape index (κ1) is 14.1. The topological polar surface area (TPSA) is 70.1 Å². The SMILES string of the molecule is Cc1ccc(N)c(Oc2nccn(C(C)(C)C)c2=O)c1. The minimum atomic E-state index is -0.337. The van der Waals surface area contributed by atoms with Crippen molar-refractivity contribution in [2.24, 2.45) is 0 Å². The normalized spacial score (nSPS) is 11.4. The Bertz CT molecular complexity index is 684.